The molecular weight excluding hydrogens is 326 g/mol. The normalized spacial score (nSPS) is 23.8. The van der Waals surface area contributed by atoms with Crippen LogP contribution in [0.1, 0.15) is 29.3 Å². The van der Waals surface area contributed by atoms with Crippen molar-refractivity contribution in [2.24, 2.45) is 0 Å². The first-order chi connectivity index (χ1) is 12.0. The number of rotatable bonds is 2. The highest BCUT2D eigenvalue weighted by Crippen LogP contribution is 2.38. The van der Waals surface area contributed by atoms with Crippen LogP contribution in [0.2, 0.25) is 0 Å². The summed E-state index contributed by atoms with van der Waals surface area (Å²) in [6.45, 7) is 2.10. The first-order valence-corrected chi connectivity index (χ1v) is 8.44. The van der Waals surface area contributed by atoms with Crippen molar-refractivity contribution >= 4 is 5.82 Å². The van der Waals surface area contributed by atoms with Gasteiger partial charge in [0.25, 0.3) is 0 Å². The van der Waals surface area contributed by atoms with Crippen LogP contribution in [0.4, 0.5) is 14.6 Å². The molecule has 0 aliphatic carbocycles. The van der Waals surface area contributed by atoms with Crippen molar-refractivity contribution in [3.8, 4) is 0 Å². The van der Waals surface area contributed by atoms with Gasteiger partial charge in [0.2, 0.25) is 0 Å². The second-order valence-corrected chi connectivity index (χ2v) is 6.84. The summed E-state index contributed by atoms with van der Waals surface area (Å²) in [6.07, 6.45) is 2.32. The molecule has 2 aromatic rings. The molecule has 1 aromatic carbocycles. The lowest BCUT2D eigenvalue weighted by Crippen LogP contribution is -2.32. The standard InChI is InChI=1S/C18H20F2N4O/c1-23-5-4-16-13(9-23)18(22-10-21-16)24-8-12(25)7-17(24)11-2-3-14(19)15(20)6-11/h2-3,6,10,12,17,25H,4-5,7-9H2,1H3/t12-,17-/m1/s1. The van der Waals surface area contributed by atoms with Gasteiger partial charge in [0.15, 0.2) is 11.6 Å². The molecule has 2 atom stereocenters. The molecular formula is C18H20F2N4O. The molecule has 0 unspecified atom stereocenters. The smallest absolute Gasteiger partial charge is 0.159 e. The molecule has 0 radical (unpaired) electrons. The molecule has 5 nitrogen and oxygen atoms in total. The van der Waals surface area contributed by atoms with Crippen LogP contribution in [0, 0.1) is 11.6 Å². The summed E-state index contributed by atoms with van der Waals surface area (Å²) in [7, 11) is 2.05. The second kappa shape index (κ2) is 6.31. The Labute approximate surface area is 144 Å². The number of benzene rings is 1. The molecule has 0 spiro atoms. The minimum atomic E-state index is -0.872. The number of fused-ring (bicyclic) bond motifs is 1. The third-order valence-corrected chi connectivity index (χ3v) is 5.05. The number of aliphatic hydroxyl groups is 1. The van der Waals surface area contributed by atoms with Crippen LogP contribution in [-0.4, -0.2) is 46.2 Å². The van der Waals surface area contributed by atoms with E-state index < -0.39 is 17.7 Å². The van der Waals surface area contributed by atoms with Crippen LogP contribution < -0.4 is 4.90 Å². The summed E-state index contributed by atoms with van der Waals surface area (Å²) >= 11 is 0. The van der Waals surface area contributed by atoms with E-state index in [-0.39, 0.29) is 6.04 Å². The number of likely N-dealkylation sites (N-methyl/N-ethyl adjacent to an activating group) is 1. The zero-order chi connectivity index (χ0) is 17.6. The Morgan fingerprint density at radius 2 is 2.04 bits per heavy atom. The second-order valence-electron chi connectivity index (χ2n) is 6.84. The monoisotopic (exact) mass is 346 g/mol. The van der Waals surface area contributed by atoms with Crippen LogP contribution in [-0.2, 0) is 13.0 Å². The zero-order valence-corrected chi connectivity index (χ0v) is 14.0. The predicted molar refractivity (Wildman–Crippen MR) is 89.1 cm³/mol. The van der Waals surface area contributed by atoms with Gasteiger partial charge in [0.05, 0.1) is 17.8 Å². The maximum absolute atomic E-state index is 13.7. The third kappa shape index (κ3) is 2.98. The van der Waals surface area contributed by atoms with Crippen molar-refractivity contribution in [2.75, 3.05) is 25.0 Å². The van der Waals surface area contributed by atoms with Gasteiger partial charge in [-0.05, 0) is 31.2 Å². The summed E-state index contributed by atoms with van der Waals surface area (Å²) in [5, 5.41) is 10.2. The van der Waals surface area contributed by atoms with Gasteiger partial charge >= 0.3 is 0 Å². The van der Waals surface area contributed by atoms with Gasteiger partial charge in [-0.1, -0.05) is 6.07 Å². The minimum absolute atomic E-state index is 0.240. The van der Waals surface area contributed by atoms with Crippen molar-refractivity contribution in [2.45, 2.75) is 31.5 Å². The lowest BCUT2D eigenvalue weighted by Gasteiger charge is -2.32. The summed E-state index contributed by atoms with van der Waals surface area (Å²) in [6, 6.07) is 3.69. The fraction of sp³-hybridized carbons (Fsp3) is 0.444. The summed E-state index contributed by atoms with van der Waals surface area (Å²) < 4.78 is 27.0. The lowest BCUT2D eigenvalue weighted by atomic mass is 10.0. The quantitative estimate of drug-likeness (QED) is 0.902. The number of β-amino-alcohol motifs (C(OH)–C–C–N with tert-alkyl or cyclic N) is 1. The average Bonchev–Trinajstić information content (AvgIpc) is 2.98. The van der Waals surface area contributed by atoms with Crippen LogP contribution in [0.5, 0.6) is 0 Å². The number of hydrogen-bond acceptors (Lipinski definition) is 5. The molecule has 1 fully saturated rings. The number of aromatic nitrogens is 2. The first-order valence-electron chi connectivity index (χ1n) is 8.44. The Morgan fingerprint density at radius 1 is 1.20 bits per heavy atom. The maximum Gasteiger partial charge on any atom is 0.159 e. The van der Waals surface area contributed by atoms with E-state index in [2.05, 4.69) is 14.9 Å². The Bertz CT molecular complexity index is 801. The molecule has 0 bridgehead atoms. The summed E-state index contributed by atoms with van der Waals surface area (Å²) in [5.41, 5.74) is 2.72. The maximum atomic E-state index is 13.7. The van der Waals surface area contributed by atoms with Crippen molar-refractivity contribution in [1.82, 2.24) is 14.9 Å². The first kappa shape index (κ1) is 16.4. The van der Waals surface area contributed by atoms with Gasteiger partial charge < -0.3 is 14.9 Å². The van der Waals surface area contributed by atoms with Crippen LogP contribution in [0.3, 0.4) is 0 Å². The summed E-state index contributed by atoms with van der Waals surface area (Å²) in [5.74, 6) is -0.957. The Kier molecular flexibility index (Phi) is 4.13. The van der Waals surface area contributed by atoms with Gasteiger partial charge in [0, 0.05) is 31.6 Å². The molecule has 1 N–H and O–H groups in total. The van der Waals surface area contributed by atoms with E-state index in [0.29, 0.717) is 18.5 Å². The van der Waals surface area contributed by atoms with E-state index in [1.54, 1.807) is 12.4 Å². The molecule has 4 rings (SSSR count). The van der Waals surface area contributed by atoms with E-state index in [4.69, 9.17) is 0 Å². The fourth-order valence-electron chi connectivity index (χ4n) is 3.79. The van der Waals surface area contributed by atoms with Crippen molar-refractivity contribution in [3.05, 3.63) is 53.0 Å². The molecule has 0 saturated carbocycles. The topological polar surface area (TPSA) is 52.5 Å². The molecule has 2 aliphatic heterocycles. The molecule has 25 heavy (non-hydrogen) atoms. The zero-order valence-electron chi connectivity index (χ0n) is 14.0. The van der Waals surface area contributed by atoms with E-state index >= 15 is 0 Å². The number of nitrogens with zero attached hydrogens (tertiary/aromatic N) is 4. The van der Waals surface area contributed by atoms with Crippen LogP contribution >= 0.6 is 0 Å². The van der Waals surface area contributed by atoms with Gasteiger partial charge in [-0.2, -0.15) is 0 Å². The molecule has 7 heteroatoms. The number of halogens is 2. The number of anilines is 1. The average molecular weight is 346 g/mol. The van der Waals surface area contributed by atoms with Crippen LogP contribution in [0.15, 0.2) is 24.5 Å². The molecule has 1 aromatic heterocycles. The minimum Gasteiger partial charge on any atom is -0.391 e. The molecule has 0 amide bonds. The van der Waals surface area contributed by atoms with Crippen molar-refractivity contribution in [1.29, 1.82) is 0 Å². The molecule has 2 aliphatic rings. The summed E-state index contributed by atoms with van der Waals surface area (Å²) in [4.78, 5) is 13.1. The Balaban J connectivity index is 1.74. The van der Waals surface area contributed by atoms with E-state index in [1.807, 2.05) is 11.9 Å². The molecule has 132 valence electrons. The highest BCUT2D eigenvalue weighted by molar-refractivity contribution is 5.53. The number of aliphatic hydroxyl groups excluding tert-OH is 1. The van der Waals surface area contributed by atoms with Gasteiger partial charge in [-0.3, -0.25) is 0 Å². The third-order valence-electron chi connectivity index (χ3n) is 5.05. The van der Waals surface area contributed by atoms with Gasteiger partial charge in [0.1, 0.15) is 12.1 Å². The van der Waals surface area contributed by atoms with E-state index in [0.717, 1.165) is 42.7 Å². The Morgan fingerprint density at radius 3 is 2.84 bits per heavy atom. The SMILES string of the molecule is CN1CCc2ncnc(N3C[C@H](O)C[C@@H]3c3ccc(F)c(F)c3)c2C1. The van der Waals surface area contributed by atoms with Gasteiger partial charge in [-0.15, -0.1) is 0 Å². The fourth-order valence-corrected chi connectivity index (χ4v) is 3.79. The lowest BCUT2D eigenvalue weighted by molar-refractivity contribution is 0.194. The largest absolute Gasteiger partial charge is 0.391 e. The highest BCUT2D eigenvalue weighted by Gasteiger charge is 2.35. The molecule has 3 heterocycles. The van der Waals surface area contributed by atoms with Crippen molar-refractivity contribution < 1.29 is 13.9 Å². The number of hydrogen-bond donors (Lipinski definition) is 1. The van der Waals surface area contributed by atoms with Gasteiger partial charge in [-0.25, -0.2) is 18.7 Å². The van der Waals surface area contributed by atoms with E-state index in [1.165, 1.54) is 6.07 Å². The van der Waals surface area contributed by atoms with E-state index in [9.17, 15) is 13.9 Å². The van der Waals surface area contributed by atoms with Crippen molar-refractivity contribution in [3.63, 3.8) is 0 Å². The Hall–Kier alpha value is -2.12. The molecule has 1 saturated heterocycles. The van der Waals surface area contributed by atoms with Crippen LogP contribution in [0.25, 0.3) is 0 Å². The highest BCUT2D eigenvalue weighted by atomic mass is 19.2. The predicted octanol–water partition coefficient (Wildman–Crippen LogP) is 2.05.